The zero-order valence-corrected chi connectivity index (χ0v) is 6.41. The van der Waals surface area contributed by atoms with Gasteiger partial charge in [-0.15, -0.1) is 0 Å². The molecule has 1 aromatic heterocycles. The molecule has 2 aromatic rings. The Labute approximate surface area is 69.9 Å². The minimum Gasteiger partial charge on any atom is -0.361 e. The highest BCUT2D eigenvalue weighted by molar-refractivity contribution is 5.88. The fourth-order valence-electron chi connectivity index (χ4n) is 1.55. The first-order valence-corrected chi connectivity index (χ1v) is 3.92. The molecule has 0 amide bonds. The Balaban J connectivity index is 2.43. The Kier molecular flexibility index (Phi) is 0.939. The highest BCUT2D eigenvalue weighted by Gasteiger charge is 2.07. The van der Waals surface area contributed by atoms with E-state index in [0.717, 1.165) is 11.2 Å². The molecule has 1 aliphatic rings. The molecule has 2 nitrogen and oxygen atoms in total. The number of hydrogen-bond donors (Lipinski definition) is 1. The lowest BCUT2D eigenvalue weighted by molar-refractivity contribution is 1.22. The molecule has 0 saturated carbocycles. The number of benzene rings is 1. The van der Waals surface area contributed by atoms with E-state index >= 15 is 0 Å². The van der Waals surface area contributed by atoms with Crippen LogP contribution in [0.3, 0.4) is 0 Å². The van der Waals surface area contributed by atoms with Crippen LogP contribution in [-0.4, -0.2) is 4.98 Å². The lowest BCUT2D eigenvalue weighted by Crippen LogP contribution is -1.81. The first-order valence-electron chi connectivity index (χ1n) is 3.92. The summed E-state index contributed by atoms with van der Waals surface area (Å²) >= 11 is 0. The van der Waals surface area contributed by atoms with Gasteiger partial charge in [0.1, 0.15) is 0 Å². The van der Waals surface area contributed by atoms with Gasteiger partial charge in [0.25, 0.3) is 0 Å². The van der Waals surface area contributed by atoms with E-state index in [1.54, 1.807) is 0 Å². The van der Waals surface area contributed by atoms with E-state index < -0.39 is 0 Å². The number of fused-ring (bicyclic) bond motifs is 2. The number of rotatable bonds is 0. The summed E-state index contributed by atoms with van der Waals surface area (Å²) in [6, 6.07) is 6.29. The standard InChI is InChI=1S/C10H7N2/c1-3-11-9-6-10-8(2-4-12-10)5-7(1)9/h1-6,11H. The molecule has 57 valence electrons. The molecule has 1 aromatic carbocycles. The van der Waals surface area contributed by atoms with Gasteiger partial charge in [0.2, 0.25) is 0 Å². The molecule has 0 saturated heterocycles. The van der Waals surface area contributed by atoms with Gasteiger partial charge in [-0.2, -0.15) is 0 Å². The van der Waals surface area contributed by atoms with Crippen LogP contribution in [0.2, 0.25) is 0 Å². The molecule has 2 heterocycles. The van der Waals surface area contributed by atoms with Crippen molar-refractivity contribution in [3.8, 4) is 0 Å². The topological polar surface area (TPSA) is 29.9 Å². The van der Waals surface area contributed by atoms with Gasteiger partial charge < -0.3 is 4.98 Å². The lowest BCUT2D eigenvalue weighted by Gasteiger charge is -1.96. The monoisotopic (exact) mass is 155 g/mol. The number of aromatic amines is 1. The van der Waals surface area contributed by atoms with E-state index in [4.69, 9.17) is 0 Å². The largest absolute Gasteiger partial charge is 0.361 e. The van der Waals surface area contributed by atoms with Crippen LogP contribution in [0, 0.1) is 0 Å². The summed E-state index contributed by atoms with van der Waals surface area (Å²) in [5.41, 5.74) is 3.42. The van der Waals surface area contributed by atoms with Gasteiger partial charge in [-0.3, -0.25) is 5.32 Å². The second kappa shape index (κ2) is 1.91. The predicted octanol–water partition coefficient (Wildman–Crippen LogP) is 2.39. The van der Waals surface area contributed by atoms with Crippen LogP contribution in [-0.2, 0) is 0 Å². The molecule has 0 atom stereocenters. The molecule has 3 rings (SSSR count). The van der Waals surface area contributed by atoms with Crippen LogP contribution in [0.5, 0.6) is 0 Å². The van der Waals surface area contributed by atoms with Gasteiger partial charge in [-0.25, -0.2) is 0 Å². The Morgan fingerprint density at radius 3 is 3.25 bits per heavy atom. The van der Waals surface area contributed by atoms with Crippen LogP contribution in [0.25, 0.3) is 17.0 Å². The number of nitrogens with zero attached hydrogens (tertiary/aromatic N) is 1. The second-order valence-electron chi connectivity index (χ2n) is 2.92. The number of aromatic nitrogens is 1. The quantitative estimate of drug-likeness (QED) is 0.605. The van der Waals surface area contributed by atoms with E-state index in [0.29, 0.717) is 0 Å². The zero-order chi connectivity index (χ0) is 7.97. The minimum absolute atomic E-state index is 1.06. The fourth-order valence-corrected chi connectivity index (χ4v) is 1.55. The molecule has 1 radical (unpaired) electrons. The maximum Gasteiger partial charge on any atom is 0.0723 e. The van der Waals surface area contributed by atoms with Crippen molar-refractivity contribution >= 4 is 22.7 Å². The number of H-pyrrole nitrogens is 1. The maximum atomic E-state index is 4.23. The van der Waals surface area contributed by atoms with Gasteiger partial charge in [0.15, 0.2) is 0 Å². The van der Waals surface area contributed by atoms with Crippen LogP contribution in [0.1, 0.15) is 5.56 Å². The predicted molar refractivity (Wildman–Crippen MR) is 49.1 cm³/mol. The van der Waals surface area contributed by atoms with Crippen molar-refractivity contribution in [2.45, 2.75) is 0 Å². The molecule has 0 fully saturated rings. The average Bonchev–Trinajstić information content (AvgIpc) is 2.64. The minimum atomic E-state index is 1.06. The Morgan fingerprint density at radius 1 is 1.25 bits per heavy atom. The van der Waals surface area contributed by atoms with Gasteiger partial charge in [0, 0.05) is 28.9 Å². The first kappa shape index (κ1) is 5.89. The van der Waals surface area contributed by atoms with Gasteiger partial charge >= 0.3 is 0 Å². The summed E-state index contributed by atoms with van der Waals surface area (Å²) in [5, 5.41) is 5.47. The van der Waals surface area contributed by atoms with Crippen LogP contribution >= 0.6 is 0 Å². The fraction of sp³-hybridized carbons (Fsp3) is 0. The summed E-state index contributed by atoms with van der Waals surface area (Å²) in [5.74, 6) is 0. The van der Waals surface area contributed by atoms with Crippen LogP contribution < -0.4 is 5.32 Å². The normalized spacial score (nSPS) is 13.3. The van der Waals surface area contributed by atoms with Crippen molar-refractivity contribution < 1.29 is 0 Å². The molecule has 2 heteroatoms. The van der Waals surface area contributed by atoms with Crippen molar-refractivity contribution in [1.82, 2.24) is 10.3 Å². The third-order valence-electron chi connectivity index (χ3n) is 2.17. The van der Waals surface area contributed by atoms with Gasteiger partial charge in [-0.1, -0.05) is 0 Å². The van der Waals surface area contributed by atoms with Crippen molar-refractivity contribution in [1.29, 1.82) is 0 Å². The lowest BCUT2D eigenvalue weighted by atomic mass is 10.1. The van der Waals surface area contributed by atoms with Crippen molar-refractivity contribution in [3.63, 3.8) is 0 Å². The smallest absolute Gasteiger partial charge is 0.0723 e. The van der Waals surface area contributed by atoms with Crippen molar-refractivity contribution in [2.24, 2.45) is 0 Å². The van der Waals surface area contributed by atoms with E-state index in [9.17, 15) is 0 Å². The van der Waals surface area contributed by atoms with Gasteiger partial charge in [-0.05, 0) is 24.3 Å². The molecular formula is C10H7N2. The maximum absolute atomic E-state index is 4.23. The molecule has 0 bridgehead atoms. The summed E-state index contributed by atoms with van der Waals surface area (Å²) in [7, 11) is 0. The number of nitrogens with one attached hydrogen (secondary N) is 1. The zero-order valence-electron chi connectivity index (χ0n) is 6.41. The third kappa shape index (κ3) is 0.639. The summed E-state index contributed by atoms with van der Waals surface area (Å²) in [6.07, 6.45) is 5.81. The van der Waals surface area contributed by atoms with E-state index in [1.165, 1.54) is 10.9 Å². The van der Waals surface area contributed by atoms with Crippen molar-refractivity contribution in [3.05, 3.63) is 36.2 Å². The van der Waals surface area contributed by atoms with Gasteiger partial charge in [0.05, 0.1) is 5.69 Å². The van der Waals surface area contributed by atoms with E-state index in [2.05, 4.69) is 28.5 Å². The van der Waals surface area contributed by atoms with E-state index in [1.807, 2.05) is 18.5 Å². The summed E-state index contributed by atoms with van der Waals surface area (Å²) in [6.45, 7) is 0. The van der Waals surface area contributed by atoms with Crippen molar-refractivity contribution in [2.75, 3.05) is 0 Å². The molecule has 0 unspecified atom stereocenters. The summed E-state index contributed by atoms with van der Waals surface area (Å²) < 4.78 is 0. The highest BCUT2D eigenvalue weighted by atomic mass is 14.9. The Morgan fingerprint density at radius 2 is 2.25 bits per heavy atom. The first-order chi connectivity index (χ1) is 5.93. The Hall–Kier alpha value is -1.70. The molecular weight excluding hydrogens is 148 g/mol. The highest BCUT2D eigenvalue weighted by Crippen LogP contribution is 2.27. The van der Waals surface area contributed by atoms with E-state index in [-0.39, 0.29) is 0 Å². The Bertz CT molecular complexity index is 466. The van der Waals surface area contributed by atoms with Crippen LogP contribution in [0.4, 0.5) is 5.69 Å². The molecule has 0 aliphatic carbocycles. The van der Waals surface area contributed by atoms with Crippen LogP contribution in [0.15, 0.2) is 30.6 Å². The average molecular weight is 155 g/mol. The molecule has 12 heavy (non-hydrogen) atoms. The number of hydrogen-bond acceptors (Lipinski definition) is 0. The molecule has 1 N–H and O–H groups in total. The third-order valence-corrected chi connectivity index (χ3v) is 2.17. The molecule has 1 aliphatic heterocycles. The SMILES string of the molecule is C1=Cc2cc3cc[nH]c3cc2[N]1. The second-order valence-corrected chi connectivity index (χ2v) is 2.92. The summed E-state index contributed by atoms with van der Waals surface area (Å²) in [4.78, 5) is 3.16. The molecule has 0 spiro atoms.